The Labute approximate surface area is 259 Å². The first-order chi connectivity index (χ1) is 21.3. The van der Waals surface area contributed by atoms with E-state index in [4.69, 9.17) is 14.2 Å². The normalized spacial score (nSPS) is 20.8. The molecular formula is C34H50F4N2O4. The third-order valence-electron chi connectivity index (χ3n) is 8.52. The maximum atomic E-state index is 14.2. The Kier molecular flexibility index (Phi) is 16.1. The van der Waals surface area contributed by atoms with Crippen molar-refractivity contribution in [3.05, 3.63) is 70.8 Å². The van der Waals surface area contributed by atoms with Gasteiger partial charge in [0.05, 0.1) is 11.7 Å². The number of halogens is 4. The van der Waals surface area contributed by atoms with Crippen LogP contribution in [0.4, 0.5) is 17.6 Å². The number of nitrogens with one attached hydrogen (secondary N) is 2. The van der Waals surface area contributed by atoms with Gasteiger partial charge in [-0.25, -0.2) is 17.6 Å². The lowest BCUT2D eigenvalue weighted by atomic mass is 9.74. The van der Waals surface area contributed by atoms with Gasteiger partial charge in [0.1, 0.15) is 0 Å². The topological polar surface area (TPSA) is 72.0 Å². The van der Waals surface area contributed by atoms with Crippen LogP contribution in [0.25, 0.3) is 0 Å². The monoisotopic (exact) mass is 626 g/mol. The summed E-state index contributed by atoms with van der Waals surface area (Å²) in [7, 11) is 1.63. The molecule has 2 aliphatic rings. The highest BCUT2D eigenvalue weighted by Crippen LogP contribution is 2.40. The number of benzene rings is 2. The lowest BCUT2D eigenvalue weighted by molar-refractivity contribution is -0.0465. The number of piperidine rings is 2. The molecule has 2 heterocycles. The molecule has 0 aromatic heterocycles. The largest absolute Gasteiger partial charge is 0.385 e. The molecule has 0 unspecified atom stereocenters. The molecule has 0 spiro atoms. The molecule has 4 atom stereocenters. The van der Waals surface area contributed by atoms with E-state index in [0.717, 1.165) is 64.2 Å². The van der Waals surface area contributed by atoms with Gasteiger partial charge in [-0.1, -0.05) is 18.2 Å². The van der Waals surface area contributed by atoms with Crippen LogP contribution >= 0.6 is 0 Å². The van der Waals surface area contributed by atoms with Crippen LogP contribution in [0.1, 0.15) is 75.5 Å². The summed E-state index contributed by atoms with van der Waals surface area (Å²) in [5.74, 6) is -3.30. The Hall–Kier alpha value is -2.08. The molecule has 2 aliphatic heterocycles. The fraction of sp³-hybridized carbons (Fsp3) is 0.647. The van der Waals surface area contributed by atoms with Crippen molar-refractivity contribution in [2.45, 2.75) is 70.0 Å². The lowest BCUT2D eigenvalue weighted by Crippen LogP contribution is -2.45. The lowest BCUT2D eigenvalue weighted by Gasteiger charge is -2.39. The quantitative estimate of drug-likeness (QED) is 0.157. The summed E-state index contributed by atoms with van der Waals surface area (Å²) in [5.41, 5.74) is -0.546. The van der Waals surface area contributed by atoms with Gasteiger partial charge in [0, 0.05) is 64.0 Å². The Morgan fingerprint density at radius 1 is 0.886 bits per heavy atom. The van der Waals surface area contributed by atoms with Gasteiger partial charge in [-0.15, -0.1) is 0 Å². The first-order valence-corrected chi connectivity index (χ1v) is 16.0. The van der Waals surface area contributed by atoms with Crippen molar-refractivity contribution in [1.82, 2.24) is 10.6 Å². The predicted molar refractivity (Wildman–Crippen MR) is 163 cm³/mol. The van der Waals surface area contributed by atoms with Crippen molar-refractivity contribution in [3.63, 3.8) is 0 Å². The number of hydrogen-bond acceptors (Lipinski definition) is 6. The molecule has 4 rings (SSSR count). The minimum Gasteiger partial charge on any atom is -0.385 e. The van der Waals surface area contributed by atoms with Gasteiger partial charge in [-0.05, 0) is 95.1 Å². The predicted octanol–water partition coefficient (Wildman–Crippen LogP) is 6.42. The van der Waals surface area contributed by atoms with Crippen molar-refractivity contribution in [2.24, 2.45) is 11.8 Å². The van der Waals surface area contributed by atoms with E-state index in [1.165, 1.54) is 24.3 Å². The van der Waals surface area contributed by atoms with Gasteiger partial charge in [-0.2, -0.15) is 0 Å². The van der Waals surface area contributed by atoms with E-state index in [9.17, 15) is 22.7 Å². The first-order valence-electron chi connectivity index (χ1n) is 16.0. The van der Waals surface area contributed by atoms with E-state index < -0.39 is 28.9 Å². The summed E-state index contributed by atoms with van der Waals surface area (Å²) in [5, 5.41) is 17.8. The van der Waals surface area contributed by atoms with Crippen molar-refractivity contribution in [2.75, 3.05) is 59.7 Å². The van der Waals surface area contributed by atoms with E-state index in [1.54, 1.807) is 13.2 Å². The number of methoxy groups -OCH3 is 1. The molecule has 3 N–H and O–H groups in total. The van der Waals surface area contributed by atoms with Crippen LogP contribution < -0.4 is 10.6 Å². The average Bonchev–Trinajstić information content (AvgIpc) is 3.05. The SMILES string of the molecule is CCOCCCO[C@@H](c1ccc(F)c(F)c1)[C@@H]1CCCNC1.COCCCC[C@@](O)(c1cccc(F)c1F)[C@@H]1CCCNC1. The minimum atomic E-state index is -1.34. The Morgan fingerprint density at radius 2 is 1.66 bits per heavy atom. The van der Waals surface area contributed by atoms with Gasteiger partial charge in [0.15, 0.2) is 23.3 Å². The number of aliphatic hydroxyl groups is 1. The fourth-order valence-electron chi connectivity index (χ4n) is 6.14. The Bertz CT molecular complexity index is 1100. The van der Waals surface area contributed by atoms with Crippen LogP contribution in [0, 0.1) is 35.1 Å². The molecule has 248 valence electrons. The molecule has 6 nitrogen and oxygen atoms in total. The Morgan fingerprint density at radius 3 is 2.32 bits per heavy atom. The molecular weight excluding hydrogens is 576 g/mol. The van der Waals surface area contributed by atoms with Crippen molar-refractivity contribution in [3.8, 4) is 0 Å². The molecule has 0 amide bonds. The van der Waals surface area contributed by atoms with Crippen LogP contribution in [-0.2, 0) is 19.8 Å². The molecule has 0 aliphatic carbocycles. The highest BCUT2D eigenvalue weighted by molar-refractivity contribution is 5.27. The van der Waals surface area contributed by atoms with Gasteiger partial charge in [-0.3, -0.25) is 0 Å². The van der Waals surface area contributed by atoms with Crippen molar-refractivity contribution in [1.29, 1.82) is 0 Å². The third kappa shape index (κ3) is 10.8. The highest BCUT2D eigenvalue weighted by atomic mass is 19.2. The summed E-state index contributed by atoms with van der Waals surface area (Å²) < 4.78 is 70.8. The van der Waals surface area contributed by atoms with Crippen molar-refractivity contribution < 1.29 is 36.9 Å². The van der Waals surface area contributed by atoms with E-state index in [1.807, 2.05) is 6.92 Å². The molecule has 0 saturated carbocycles. The van der Waals surface area contributed by atoms with E-state index in [2.05, 4.69) is 10.6 Å². The number of rotatable bonds is 15. The second-order valence-corrected chi connectivity index (χ2v) is 11.6. The molecule has 2 aromatic rings. The molecule has 0 bridgehead atoms. The minimum absolute atomic E-state index is 0.0821. The van der Waals surface area contributed by atoms with Crippen LogP contribution in [0.2, 0.25) is 0 Å². The van der Waals surface area contributed by atoms with Crippen molar-refractivity contribution >= 4 is 0 Å². The van der Waals surface area contributed by atoms with Gasteiger partial charge < -0.3 is 30.0 Å². The zero-order valence-corrected chi connectivity index (χ0v) is 26.2. The highest BCUT2D eigenvalue weighted by Gasteiger charge is 2.41. The standard InChI is InChI=1S/2C17H25F2NO2/c1-22-11-3-2-9-17(21,13-6-5-10-20-12-13)14-7-4-8-15(18)16(14)19;1-2-21-9-4-10-22-17(14-5-3-8-20-12-14)13-6-7-15(18)16(19)11-13/h4,7-8,13,20-21H,2-3,5-6,9-12H2,1H3;6-7,11,14,17,20H,2-5,8-10,12H2,1H3/t13-,17+;14-,17+/m11/s1. The van der Waals surface area contributed by atoms with E-state index in [0.29, 0.717) is 51.4 Å². The van der Waals surface area contributed by atoms with Crippen LogP contribution in [0.3, 0.4) is 0 Å². The summed E-state index contributed by atoms with van der Waals surface area (Å²) in [6, 6.07) is 8.12. The second-order valence-electron chi connectivity index (χ2n) is 11.6. The van der Waals surface area contributed by atoms with Crippen LogP contribution in [-0.4, -0.2) is 64.8 Å². The number of unbranched alkanes of at least 4 members (excludes halogenated alkanes) is 1. The molecule has 10 heteroatoms. The van der Waals surface area contributed by atoms with Gasteiger partial charge >= 0.3 is 0 Å². The van der Waals surface area contributed by atoms with Crippen LogP contribution in [0.5, 0.6) is 0 Å². The average molecular weight is 627 g/mol. The maximum Gasteiger partial charge on any atom is 0.164 e. The zero-order chi connectivity index (χ0) is 31.8. The molecule has 2 aromatic carbocycles. The second kappa shape index (κ2) is 19.4. The molecule has 2 fully saturated rings. The molecule has 0 radical (unpaired) electrons. The van der Waals surface area contributed by atoms with Gasteiger partial charge in [0.2, 0.25) is 0 Å². The number of ether oxygens (including phenoxy) is 3. The van der Waals surface area contributed by atoms with Gasteiger partial charge in [0.25, 0.3) is 0 Å². The Balaban J connectivity index is 0.000000240. The summed E-state index contributed by atoms with van der Waals surface area (Å²) in [6.45, 7) is 7.84. The van der Waals surface area contributed by atoms with E-state index in [-0.39, 0.29) is 23.5 Å². The van der Waals surface area contributed by atoms with Crippen LogP contribution in [0.15, 0.2) is 36.4 Å². The maximum absolute atomic E-state index is 14.2. The third-order valence-corrected chi connectivity index (χ3v) is 8.52. The smallest absolute Gasteiger partial charge is 0.164 e. The first kappa shape index (κ1) is 36.4. The fourth-order valence-corrected chi connectivity index (χ4v) is 6.14. The molecule has 44 heavy (non-hydrogen) atoms. The molecule has 2 saturated heterocycles. The number of hydrogen-bond donors (Lipinski definition) is 3. The summed E-state index contributed by atoms with van der Waals surface area (Å²) in [6.07, 6.45) is 6.34. The zero-order valence-electron chi connectivity index (χ0n) is 26.2. The summed E-state index contributed by atoms with van der Waals surface area (Å²) in [4.78, 5) is 0. The van der Waals surface area contributed by atoms with E-state index >= 15 is 0 Å². The summed E-state index contributed by atoms with van der Waals surface area (Å²) >= 11 is 0.